The van der Waals surface area contributed by atoms with Gasteiger partial charge in [0, 0.05) is 18.5 Å². The number of rotatable bonds is 3. The summed E-state index contributed by atoms with van der Waals surface area (Å²) in [6, 6.07) is 2.30. The van der Waals surface area contributed by atoms with Crippen LogP contribution in [0.15, 0.2) is 0 Å². The highest BCUT2D eigenvalue weighted by molar-refractivity contribution is 5.10. The molecule has 0 radical (unpaired) electrons. The van der Waals surface area contributed by atoms with Crippen LogP contribution in [0.4, 0.5) is 0 Å². The number of nitrogens with zero attached hydrogens (tertiary/aromatic N) is 2. The van der Waals surface area contributed by atoms with Gasteiger partial charge in [-0.25, -0.2) is 0 Å². The molecule has 0 heterocycles. The van der Waals surface area contributed by atoms with Crippen molar-refractivity contribution in [1.29, 1.82) is 5.26 Å². The highest BCUT2D eigenvalue weighted by Crippen LogP contribution is 2.59. The molecule has 0 aromatic rings. The van der Waals surface area contributed by atoms with Crippen LogP contribution in [0.5, 0.6) is 0 Å². The van der Waals surface area contributed by atoms with Crippen LogP contribution < -0.4 is 0 Å². The van der Waals surface area contributed by atoms with E-state index in [-0.39, 0.29) is 0 Å². The molecule has 3 saturated carbocycles. The minimum Gasteiger partial charge on any atom is -0.299 e. The minimum atomic E-state index is 0.503. The fourth-order valence-corrected chi connectivity index (χ4v) is 4.96. The van der Waals surface area contributed by atoms with E-state index in [9.17, 15) is 0 Å². The quantitative estimate of drug-likeness (QED) is 0.728. The van der Waals surface area contributed by atoms with Crippen molar-refractivity contribution in [1.82, 2.24) is 4.90 Å². The average Bonchev–Trinajstić information content (AvgIpc) is 2.44. The van der Waals surface area contributed by atoms with Gasteiger partial charge in [-0.3, -0.25) is 4.90 Å². The molecule has 3 fully saturated rings. The van der Waals surface area contributed by atoms with Crippen LogP contribution in [-0.4, -0.2) is 24.0 Å². The van der Waals surface area contributed by atoms with Crippen LogP contribution in [0.3, 0.4) is 0 Å². The van der Waals surface area contributed by atoms with Gasteiger partial charge in [0.15, 0.2) is 0 Å². The van der Waals surface area contributed by atoms with Gasteiger partial charge in [-0.15, -0.1) is 0 Å². The van der Waals surface area contributed by atoms with E-state index in [2.05, 4.69) is 18.0 Å². The van der Waals surface area contributed by atoms with E-state index in [4.69, 9.17) is 5.26 Å². The van der Waals surface area contributed by atoms with Crippen molar-refractivity contribution in [3.8, 4) is 6.07 Å². The smallest absolute Gasteiger partial charge is 0.0635 e. The normalized spacial score (nSPS) is 44.9. The fraction of sp³-hybridized carbons (Fsp3) is 0.929. The summed E-state index contributed by atoms with van der Waals surface area (Å²) in [5, 5.41) is 8.74. The van der Waals surface area contributed by atoms with Gasteiger partial charge in [0.25, 0.3) is 0 Å². The number of hydrogen-bond donors (Lipinski definition) is 0. The Balaban J connectivity index is 1.80. The molecule has 0 amide bonds. The first kappa shape index (κ1) is 10.6. The molecule has 0 spiro atoms. The molecule has 3 aliphatic carbocycles. The number of hydrogen-bond acceptors (Lipinski definition) is 2. The van der Waals surface area contributed by atoms with Gasteiger partial charge < -0.3 is 0 Å². The Hall–Kier alpha value is -0.550. The van der Waals surface area contributed by atoms with Crippen LogP contribution in [-0.2, 0) is 0 Å². The summed E-state index contributed by atoms with van der Waals surface area (Å²) in [7, 11) is 2.26. The Morgan fingerprint density at radius 2 is 2.06 bits per heavy atom. The molecule has 0 aliphatic heterocycles. The monoisotopic (exact) mass is 218 g/mol. The van der Waals surface area contributed by atoms with Gasteiger partial charge in [0.05, 0.1) is 6.07 Å². The van der Waals surface area contributed by atoms with Crippen molar-refractivity contribution in [3.05, 3.63) is 0 Å². The summed E-state index contributed by atoms with van der Waals surface area (Å²) in [6.45, 7) is 0.979. The van der Waals surface area contributed by atoms with E-state index in [1.54, 1.807) is 0 Å². The van der Waals surface area contributed by atoms with E-state index < -0.39 is 0 Å². The van der Waals surface area contributed by atoms with Gasteiger partial charge in [-0.1, -0.05) is 6.42 Å². The molecule has 0 saturated heterocycles. The second kappa shape index (κ2) is 3.74. The van der Waals surface area contributed by atoms with Gasteiger partial charge in [0.1, 0.15) is 0 Å². The molecule has 0 N–H and O–H groups in total. The Kier molecular flexibility index (Phi) is 2.47. The van der Waals surface area contributed by atoms with Crippen LogP contribution in [0.25, 0.3) is 0 Å². The Bertz CT molecular complexity index is 319. The molecule has 3 bridgehead atoms. The molecule has 0 aromatic heterocycles. The van der Waals surface area contributed by atoms with Gasteiger partial charge in [-0.05, 0) is 56.9 Å². The first-order valence-corrected chi connectivity index (χ1v) is 6.83. The summed E-state index contributed by atoms with van der Waals surface area (Å²) in [5.74, 6) is 2.96. The standard InChI is InChI=1S/C14H22N2/c1-16(6-2-5-15)14-9-11-3-4-13(14)8-12(7-11)10-14/h11-13H,2-4,6-10H2,1H3. The molecule has 4 atom stereocenters. The van der Waals surface area contributed by atoms with E-state index in [0.717, 1.165) is 24.3 Å². The van der Waals surface area contributed by atoms with E-state index in [0.29, 0.717) is 12.0 Å². The Labute approximate surface area is 98.6 Å². The maximum Gasteiger partial charge on any atom is 0.0635 e. The molecule has 88 valence electrons. The van der Waals surface area contributed by atoms with E-state index in [1.165, 1.54) is 38.5 Å². The minimum absolute atomic E-state index is 0.503. The van der Waals surface area contributed by atoms with E-state index in [1.807, 2.05) is 0 Å². The molecule has 0 aromatic carbocycles. The van der Waals surface area contributed by atoms with Gasteiger partial charge in [0.2, 0.25) is 0 Å². The zero-order chi connectivity index (χ0) is 11.2. The van der Waals surface area contributed by atoms with Gasteiger partial charge in [-0.2, -0.15) is 5.26 Å². The lowest BCUT2D eigenvalue weighted by Crippen LogP contribution is -2.54. The third-order valence-electron chi connectivity index (χ3n) is 5.57. The SMILES string of the molecule is CN(CCC#N)C12CC3CCC1CC(C3)C2. The zero-order valence-electron chi connectivity index (χ0n) is 10.3. The lowest BCUT2D eigenvalue weighted by Gasteiger charge is -2.51. The van der Waals surface area contributed by atoms with Gasteiger partial charge >= 0.3 is 0 Å². The largest absolute Gasteiger partial charge is 0.299 e. The highest BCUT2D eigenvalue weighted by atomic mass is 15.2. The highest BCUT2D eigenvalue weighted by Gasteiger charge is 2.56. The summed E-state index contributed by atoms with van der Waals surface area (Å²) >= 11 is 0. The van der Waals surface area contributed by atoms with Crippen LogP contribution >= 0.6 is 0 Å². The average molecular weight is 218 g/mol. The predicted molar refractivity (Wildman–Crippen MR) is 63.8 cm³/mol. The van der Waals surface area contributed by atoms with Crippen molar-refractivity contribution in [2.45, 2.75) is 50.5 Å². The predicted octanol–water partition coefficient (Wildman–Crippen LogP) is 2.80. The molecule has 2 heteroatoms. The van der Waals surface area contributed by atoms with E-state index >= 15 is 0 Å². The van der Waals surface area contributed by atoms with Crippen molar-refractivity contribution in [3.63, 3.8) is 0 Å². The summed E-state index contributed by atoms with van der Waals surface area (Å²) < 4.78 is 0. The van der Waals surface area contributed by atoms with Crippen LogP contribution in [0.2, 0.25) is 0 Å². The Morgan fingerprint density at radius 1 is 1.25 bits per heavy atom. The molecular formula is C14H22N2. The first-order chi connectivity index (χ1) is 7.74. The number of nitriles is 1. The summed E-state index contributed by atoms with van der Waals surface area (Å²) in [4.78, 5) is 2.55. The molecule has 3 rings (SSSR count). The molecule has 2 nitrogen and oxygen atoms in total. The number of fused-ring (bicyclic) bond motifs is 2. The van der Waals surface area contributed by atoms with Crippen molar-refractivity contribution < 1.29 is 0 Å². The maximum absolute atomic E-state index is 8.74. The second-order valence-electron chi connectivity index (χ2n) is 6.32. The lowest BCUT2D eigenvalue weighted by atomic mass is 9.66. The van der Waals surface area contributed by atoms with Crippen LogP contribution in [0, 0.1) is 29.1 Å². The summed E-state index contributed by atoms with van der Waals surface area (Å²) in [5.41, 5.74) is 0.503. The topological polar surface area (TPSA) is 27.0 Å². The Morgan fingerprint density at radius 3 is 2.88 bits per heavy atom. The summed E-state index contributed by atoms with van der Waals surface area (Å²) in [6.07, 6.45) is 9.47. The van der Waals surface area contributed by atoms with Crippen molar-refractivity contribution >= 4 is 0 Å². The molecule has 3 aliphatic rings. The third kappa shape index (κ3) is 1.41. The first-order valence-electron chi connectivity index (χ1n) is 6.83. The second-order valence-corrected chi connectivity index (χ2v) is 6.32. The van der Waals surface area contributed by atoms with Crippen molar-refractivity contribution in [2.24, 2.45) is 17.8 Å². The van der Waals surface area contributed by atoms with Crippen molar-refractivity contribution in [2.75, 3.05) is 13.6 Å². The molecule has 16 heavy (non-hydrogen) atoms. The fourth-order valence-electron chi connectivity index (χ4n) is 4.96. The zero-order valence-corrected chi connectivity index (χ0v) is 10.3. The maximum atomic E-state index is 8.74. The lowest BCUT2D eigenvalue weighted by molar-refractivity contribution is 0.00159. The molecular weight excluding hydrogens is 196 g/mol. The molecule has 4 unspecified atom stereocenters. The third-order valence-corrected chi connectivity index (χ3v) is 5.57. The van der Waals surface area contributed by atoms with Crippen LogP contribution in [0.1, 0.15) is 44.9 Å².